The zero-order valence-electron chi connectivity index (χ0n) is 9.69. The molecule has 84 valence electrons. The van der Waals surface area contributed by atoms with Crippen LogP contribution in [0.25, 0.3) is 0 Å². The summed E-state index contributed by atoms with van der Waals surface area (Å²) in [6.07, 6.45) is 2.53. The molecule has 0 fully saturated rings. The summed E-state index contributed by atoms with van der Waals surface area (Å²) in [4.78, 5) is 11.7. The Kier molecular flexibility index (Phi) is 2.58. The topological polar surface area (TPSA) is 26.3 Å². The van der Waals surface area contributed by atoms with Crippen molar-refractivity contribution in [2.75, 3.05) is 0 Å². The van der Waals surface area contributed by atoms with Crippen LogP contribution in [-0.2, 0) is 4.74 Å². The number of ether oxygens (including phenoxy) is 1. The van der Waals surface area contributed by atoms with Crippen LogP contribution in [0.2, 0.25) is 0 Å². The maximum absolute atomic E-state index is 11.7. The van der Waals surface area contributed by atoms with E-state index in [1.165, 1.54) is 0 Å². The van der Waals surface area contributed by atoms with E-state index in [1.54, 1.807) is 0 Å². The molecule has 0 amide bonds. The number of rotatable bonds is 3. The quantitative estimate of drug-likeness (QED) is 0.571. The van der Waals surface area contributed by atoms with Crippen LogP contribution in [-0.4, -0.2) is 5.97 Å². The maximum atomic E-state index is 11.7. The molecule has 2 nitrogen and oxygen atoms in total. The van der Waals surface area contributed by atoms with Crippen molar-refractivity contribution in [2.45, 2.75) is 26.4 Å². The second kappa shape index (κ2) is 3.78. The second-order valence-electron chi connectivity index (χ2n) is 4.85. The van der Waals surface area contributed by atoms with Gasteiger partial charge in [0.15, 0.2) is 0 Å². The molecule has 1 aliphatic rings. The zero-order chi connectivity index (χ0) is 11.8. The van der Waals surface area contributed by atoms with Gasteiger partial charge in [0.2, 0.25) is 0 Å². The van der Waals surface area contributed by atoms with Gasteiger partial charge in [0.1, 0.15) is 6.10 Å². The largest absolute Gasteiger partial charge is 0.453 e. The van der Waals surface area contributed by atoms with E-state index in [-0.39, 0.29) is 17.5 Å². The van der Waals surface area contributed by atoms with Crippen molar-refractivity contribution in [2.24, 2.45) is 5.41 Å². The van der Waals surface area contributed by atoms with Gasteiger partial charge >= 0.3 is 5.97 Å². The van der Waals surface area contributed by atoms with Crippen LogP contribution in [0, 0.1) is 5.41 Å². The van der Waals surface area contributed by atoms with E-state index in [0.29, 0.717) is 5.56 Å². The van der Waals surface area contributed by atoms with Crippen LogP contribution in [0.3, 0.4) is 0 Å². The molecule has 1 aromatic carbocycles. The van der Waals surface area contributed by atoms with E-state index in [4.69, 9.17) is 4.74 Å². The first kappa shape index (κ1) is 10.9. The van der Waals surface area contributed by atoms with Gasteiger partial charge in [0.05, 0.1) is 5.56 Å². The van der Waals surface area contributed by atoms with Gasteiger partial charge < -0.3 is 4.74 Å². The Morgan fingerprint density at radius 1 is 1.44 bits per heavy atom. The van der Waals surface area contributed by atoms with Crippen LogP contribution in [0.4, 0.5) is 0 Å². The molecule has 0 radical (unpaired) electrons. The molecular formula is C14H16O2. The van der Waals surface area contributed by atoms with Gasteiger partial charge in [0.25, 0.3) is 0 Å². The predicted molar refractivity (Wildman–Crippen MR) is 63.2 cm³/mol. The third kappa shape index (κ3) is 1.64. The van der Waals surface area contributed by atoms with Gasteiger partial charge in [-0.05, 0) is 12.5 Å². The summed E-state index contributed by atoms with van der Waals surface area (Å²) in [6.45, 7) is 7.94. The molecule has 1 heterocycles. The highest BCUT2D eigenvalue weighted by Crippen LogP contribution is 2.44. The lowest BCUT2D eigenvalue weighted by Crippen LogP contribution is -2.21. The van der Waals surface area contributed by atoms with Crippen molar-refractivity contribution in [3.8, 4) is 0 Å². The number of cyclic esters (lactones) is 1. The molecule has 1 atom stereocenters. The maximum Gasteiger partial charge on any atom is 0.339 e. The van der Waals surface area contributed by atoms with Crippen LogP contribution in [0.1, 0.15) is 42.3 Å². The molecule has 1 aliphatic heterocycles. The average Bonchev–Trinajstić information content (AvgIpc) is 2.58. The summed E-state index contributed by atoms with van der Waals surface area (Å²) < 4.78 is 5.46. The second-order valence-corrected chi connectivity index (χ2v) is 4.85. The minimum atomic E-state index is -0.210. The smallest absolute Gasteiger partial charge is 0.339 e. The SMILES string of the molecule is C=CCC(C)(C)C1OC(=O)c2ccccc21. The first-order chi connectivity index (χ1) is 7.56. The van der Waals surface area contributed by atoms with Crippen LogP contribution < -0.4 is 0 Å². The van der Waals surface area contributed by atoms with Gasteiger partial charge in [-0.25, -0.2) is 4.79 Å². The summed E-state index contributed by atoms with van der Waals surface area (Å²) in [7, 11) is 0. The number of fused-ring (bicyclic) bond motifs is 1. The normalized spacial score (nSPS) is 19.1. The fraction of sp³-hybridized carbons (Fsp3) is 0.357. The molecule has 1 aromatic rings. The standard InChI is InChI=1S/C14H16O2/c1-4-9-14(2,3)12-10-7-5-6-8-11(10)13(15)16-12/h4-8,12H,1,9H2,2-3H3. The molecule has 0 saturated heterocycles. The Bertz CT molecular complexity index is 432. The van der Waals surface area contributed by atoms with Crippen molar-refractivity contribution in [1.82, 2.24) is 0 Å². The van der Waals surface area contributed by atoms with E-state index < -0.39 is 0 Å². The molecular weight excluding hydrogens is 200 g/mol. The van der Waals surface area contributed by atoms with Crippen molar-refractivity contribution in [3.05, 3.63) is 48.0 Å². The van der Waals surface area contributed by atoms with Crippen molar-refractivity contribution >= 4 is 5.97 Å². The molecule has 0 N–H and O–H groups in total. The average molecular weight is 216 g/mol. The lowest BCUT2D eigenvalue weighted by Gasteiger charge is -2.29. The number of carbonyl (C=O) groups is 1. The van der Waals surface area contributed by atoms with Crippen LogP contribution in [0.5, 0.6) is 0 Å². The van der Waals surface area contributed by atoms with Gasteiger partial charge in [-0.3, -0.25) is 0 Å². The first-order valence-electron chi connectivity index (χ1n) is 5.47. The van der Waals surface area contributed by atoms with E-state index in [1.807, 2.05) is 30.3 Å². The van der Waals surface area contributed by atoms with E-state index in [2.05, 4.69) is 20.4 Å². The first-order valence-corrected chi connectivity index (χ1v) is 5.47. The molecule has 16 heavy (non-hydrogen) atoms. The number of esters is 1. The monoisotopic (exact) mass is 216 g/mol. The van der Waals surface area contributed by atoms with Gasteiger partial charge in [-0.2, -0.15) is 0 Å². The molecule has 2 heteroatoms. The van der Waals surface area contributed by atoms with Crippen molar-refractivity contribution < 1.29 is 9.53 Å². The van der Waals surface area contributed by atoms with E-state index in [0.717, 1.165) is 12.0 Å². The van der Waals surface area contributed by atoms with E-state index >= 15 is 0 Å². The molecule has 1 unspecified atom stereocenters. The fourth-order valence-electron chi connectivity index (χ4n) is 2.21. The van der Waals surface area contributed by atoms with Crippen LogP contribution in [0.15, 0.2) is 36.9 Å². The molecule has 0 aliphatic carbocycles. The predicted octanol–water partition coefficient (Wildman–Crippen LogP) is 3.50. The highest BCUT2D eigenvalue weighted by molar-refractivity contribution is 5.94. The number of hydrogen-bond acceptors (Lipinski definition) is 2. The highest BCUT2D eigenvalue weighted by Gasteiger charge is 2.40. The Morgan fingerprint density at radius 3 is 2.81 bits per heavy atom. The summed E-state index contributed by atoms with van der Waals surface area (Å²) in [5, 5.41) is 0. The summed E-state index contributed by atoms with van der Waals surface area (Å²) in [5.41, 5.74) is 1.59. The number of hydrogen-bond donors (Lipinski definition) is 0. The van der Waals surface area contributed by atoms with Gasteiger partial charge in [-0.1, -0.05) is 38.1 Å². The van der Waals surface area contributed by atoms with Crippen molar-refractivity contribution in [1.29, 1.82) is 0 Å². The fourth-order valence-corrected chi connectivity index (χ4v) is 2.21. The number of allylic oxidation sites excluding steroid dienone is 1. The molecule has 0 aromatic heterocycles. The number of benzene rings is 1. The summed E-state index contributed by atoms with van der Waals surface area (Å²) in [6, 6.07) is 7.60. The minimum absolute atomic E-state index is 0.107. The van der Waals surface area contributed by atoms with Crippen LogP contribution >= 0.6 is 0 Å². The Morgan fingerprint density at radius 2 is 2.12 bits per heavy atom. The lowest BCUT2D eigenvalue weighted by molar-refractivity contribution is 0.00330. The Balaban J connectivity index is 2.40. The Labute approximate surface area is 95.9 Å². The third-order valence-electron chi connectivity index (χ3n) is 3.07. The summed E-state index contributed by atoms with van der Waals surface area (Å²) in [5.74, 6) is -0.210. The Hall–Kier alpha value is -1.57. The lowest BCUT2D eigenvalue weighted by atomic mass is 9.79. The minimum Gasteiger partial charge on any atom is -0.453 e. The van der Waals surface area contributed by atoms with Gasteiger partial charge in [0, 0.05) is 11.0 Å². The van der Waals surface area contributed by atoms with E-state index in [9.17, 15) is 4.79 Å². The summed E-state index contributed by atoms with van der Waals surface area (Å²) >= 11 is 0. The highest BCUT2D eigenvalue weighted by atomic mass is 16.5. The molecule has 0 spiro atoms. The zero-order valence-corrected chi connectivity index (χ0v) is 9.69. The third-order valence-corrected chi connectivity index (χ3v) is 3.07. The molecule has 0 saturated carbocycles. The number of carbonyl (C=O) groups excluding carboxylic acids is 1. The van der Waals surface area contributed by atoms with Gasteiger partial charge in [-0.15, -0.1) is 6.58 Å². The molecule has 0 bridgehead atoms. The van der Waals surface area contributed by atoms with Crippen molar-refractivity contribution in [3.63, 3.8) is 0 Å². The molecule has 2 rings (SSSR count).